The van der Waals surface area contributed by atoms with Gasteiger partial charge in [-0.05, 0) is 79.6 Å². The fourth-order valence-electron chi connectivity index (χ4n) is 7.42. The van der Waals surface area contributed by atoms with E-state index in [2.05, 4.69) is 91.6 Å². The molecule has 0 aliphatic heterocycles. The molecule has 6 unspecified atom stereocenters. The molecule has 4 aliphatic carbocycles. The van der Waals surface area contributed by atoms with Crippen molar-refractivity contribution < 1.29 is 0 Å². The van der Waals surface area contributed by atoms with Gasteiger partial charge in [-0.25, -0.2) is 0 Å². The first-order valence-corrected chi connectivity index (χ1v) is 11.7. The normalized spacial score (nSPS) is 36.6. The molecule has 0 nitrogen and oxygen atoms in total. The van der Waals surface area contributed by atoms with Crippen LogP contribution in [-0.2, 0) is 5.41 Å². The molecule has 0 heterocycles. The maximum Gasteiger partial charge on any atom is 0.00240 e. The molecule has 0 heteroatoms. The minimum absolute atomic E-state index is 0.235. The van der Waals surface area contributed by atoms with E-state index in [1.54, 1.807) is 5.56 Å². The maximum atomic E-state index is 4.12. The quantitative estimate of drug-likeness (QED) is 0.449. The van der Waals surface area contributed by atoms with Crippen molar-refractivity contribution in [1.29, 1.82) is 0 Å². The van der Waals surface area contributed by atoms with Gasteiger partial charge in [-0.15, -0.1) is 6.58 Å². The van der Waals surface area contributed by atoms with Gasteiger partial charge in [0.1, 0.15) is 0 Å². The fourth-order valence-corrected chi connectivity index (χ4v) is 7.42. The van der Waals surface area contributed by atoms with E-state index in [0.29, 0.717) is 11.8 Å². The summed E-state index contributed by atoms with van der Waals surface area (Å²) < 4.78 is 0. The minimum Gasteiger partial charge on any atom is -0.103 e. The zero-order valence-corrected chi connectivity index (χ0v) is 17.5. The Bertz CT molecular complexity index is 792. The first-order chi connectivity index (χ1) is 14.3. The van der Waals surface area contributed by atoms with Crippen LogP contribution >= 0.6 is 0 Å². The van der Waals surface area contributed by atoms with E-state index in [1.165, 1.54) is 32.1 Å². The highest BCUT2D eigenvalue weighted by Crippen LogP contribution is 2.61. The minimum atomic E-state index is 0.235. The van der Waals surface area contributed by atoms with Gasteiger partial charge in [-0.2, -0.15) is 0 Å². The molecule has 0 amide bonds. The molecular weight excluding hydrogens is 348 g/mol. The summed E-state index contributed by atoms with van der Waals surface area (Å²) in [5.41, 5.74) is 1.82. The van der Waals surface area contributed by atoms with Gasteiger partial charge in [0, 0.05) is 5.41 Å². The number of fused-ring (bicyclic) bond motifs is 2. The predicted octanol–water partition coefficient (Wildman–Crippen LogP) is 7.43. The molecule has 0 saturated heterocycles. The molecule has 1 aromatic carbocycles. The van der Waals surface area contributed by atoms with Crippen LogP contribution in [-0.4, -0.2) is 0 Å². The summed E-state index contributed by atoms with van der Waals surface area (Å²) in [7, 11) is 0. The standard InChI is InChI=1S/C29H34/c1-2-3-21-29(24-13-5-4-6-14-24,27-19-17-22-11-7-9-15-25(22)27)28-20-18-23-12-8-10-16-26(23)28/h2,4-16,22-23,25-28H,1,3,17-21H2. The fraction of sp³-hybridized carbons (Fsp3) is 0.448. The van der Waals surface area contributed by atoms with E-state index >= 15 is 0 Å². The SMILES string of the molecule is C=CCCC(c1ccccc1)(C1CCC2C=CC=CC21)C1CCC2C=CC=CC21. The third-order valence-corrected chi connectivity index (χ3v) is 8.54. The first-order valence-electron chi connectivity index (χ1n) is 11.7. The van der Waals surface area contributed by atoms with Gasteiger partial charge in [0.15, 0.2) is 0 Å². The Kier molecular flexibility index (Phi) is 5.20. The van der Waals surface area contributed by atoms with Crippen LogP contribution < -0.4 is 0 Å². The van der Waals surface area contributed by atoms with Crippen LogP contribution in [0.2, 0.25) is 0 Å². The summed E-state index contributed by atoms with van der Waals surface area (Å²) in [6.07, 6.45) is 29.1. The Hall–Kier alpha value is -2.08. The smallest absolute Gasteiger partial charge is 0.00240 e. The number of benzene rings is 1. The summed E-state index contributed by atoms with van der Waals surface area (Å²) >= 11 is 0. The summed E-state index contributed by atoms with van der Waals surface area (Å²) in [4.78, 5) is 0. The van der Waals surface area contributed by atoms with Crippen molar-refractivity contribution in [2.75, 3.05) is 0 Å². The molecular formula is C29H34. The van der Waals surface area contributed by atoms with E-state index in [-0.39, 0.29) is 5.41 Å². The molecule has 29 heavy (non-hydrogen) atoms. The van der Waals surface area contributed by atoms with E-state index in [1.807, 2.05) is 0 Å². The highest BCUT2D eigenvalue weighted by Gasteiger charge is 2.55. The first kappa shape index (κ1) is 18.9. The van der Waals surface area contributed by atoms with E-state index in [4.69, 9.17) is 0 Å². The molecule has 0 bridgehead atoms. The average Bonchev–Trinajstić information content (AvgIpc) is 3.41. The van der Waals surface area contributed by atoms with Gasteiger partial charge in [0.25, 0.3) is 0 Å². The van der Waals surface area contributed by atoms with Crippen LogP contribution in [0.3, 0.4) is 0 Å². The van der Waals surface area contributed by atoms with Crippen LogP contribution in [0.1, 0.15) is 44.1 Å². The average molecular weight is 383 g/mol. The monoisotopic (exact) mass is 382 g/mol. The topological polar surface area (TPSA) is 0 Å². The Morgan fingerprint density at radius 2 is 1.31 bits per heavy atom. The van der Waals surface area contributed by atoms with Crippen molar-refractivity contribution in [1.82, 2.24) is 0 Å². The van der Waals surface area contributed by atoms with Crippen LogP contribution in [0.4, 0.5) is 0 Å². The number of hydrogen-bond donors (Lipinski definition) is 0. The Morgan fingerprint density at radius 1 is 0.759 bits per heavy atom. The van der Waals surface area contributed by atoms with Crippen molar-refractivity contribution in [2.24, 2.45) is 35.5 Å². The van der Waals surface area contributed by atoms with Gasteiger partial charge < -0.3 is 0 Å². The Balaban J connectivity index is 1.64. The number of allylic oxidation sites excluding steroid dienone is 9. The number of hydrogen-bond acceptors (Lipinski definition) is 0. The van der Waals surface area contributed by atoms with Crippen molar-refractivity contribution >= 4 is 0 Å². The molecule has 150 valence electrons. The zero-order valence-electron chi connectivity index (χ0n) is 17.5. The molecule has 0 N–H and O–H groups in total. The third kappa shape index (κ3) is 3.12. The van der Waals surface area contributed by atoms with Crippen molar-refractivity contribution in [3.8, 4) is 0 Å². The highest BCUT2D eigenvalue weighted by atomic mass is 14.6. The molecule has 0 spiro atoms. The Labute approximate surface area is 176 Å². The lowest BCUT2D eigenvalue weighted by atomic mass is 9.54. The van der Waals surface area contributed by atoms with Gasteiger partial charge in [-0.3, -0.25) is 0 Å². The van der Waals surface area contributed by atoms with Crippen LogP contribution in [0, 0.1) is 35.5 Å². The second-order valence-corrected chi connectivity index (χ2v) is 9.62. The highest BCUT2D eigenvalue weighted by molar-refractivity contribution is 5.34. The lowest BCUT2D eigenvalue weighted by Crippen LogP contribution is -2.46. The lowest BCUT2D eigenvalue weighted by Gasteiger charge is -2.49. The zero-order chi connectivity index (χ0) is 19.7. The molecule has 2 fully saturated rings. The summed E-state index contributed by atoms with van der Waals surface area (Å²) in [6.45, 7) is 4.12. The molecule has 2 saturated carbocycles. The molecule has 0 aromatic heterocycles. The molecule has 4 aliphatic rings. The molecule has 6 atom stereocenters. The summed E-state index contributed by atoms with van der Waals surface area (Å²) in [5.74, 6) is 4.28. The summed E-state index contributed by atoms with van der Waals surface area (Å²) in [6, 6.07) is 11.6. The van der Waals surface area contributed by atoms with Gasteiger partial charge >= 0.3 is 0 Å². The lowest BCUT2D eigenvalue weighted by molar-refractivity contribution is 0.109. The van der Waals surface area contributed by atoms with Gasteiger partial charge in [-0.1, -0.05) is 85.0 Å². The second-order valence-electron chi connectivity index (χ2n) is 9.62. The maximum absolute atomic E-state index is 4.12. The van der Waals surface area contributed by atoms with E-state index < -0.39 is 0 Å². The largest absolute Gasteiger partial charge is 0.103 e. The predicted molar refractivity (Wildman–Crippen MR) is 124 cm³/mol. The van der Waals surface area contributed by atoms with Crippen molar-refractivity contribution in [2.45, 2.75) is 43.9 Å². The van der Waals surface area contributed by atoms with E-state index in [0.717, 1.165) is 30.1 Å². The molecule has 1 aromatic rings. The Morgan fingerprint density at radius 3 is 1.86 bits per heavy atom. The van der Waals surface area contributed by atoms with Crippen LogP contribution in [0.5, 0.6) is 0 Å². The third-order valence-electron chi connectivity index (χ3n) is 8.54. The second kappa shape index (κ2) is 7.98. The molecule has 5 rings (SSSR count). The van der Waals surface area contributed by atoms with Gasteiger partial charge in [0.2, 0.25) is 0 Å². The van der Waals surface area contributed by atoms with Crippen molar-refractivity contribution in [3.63, 3.8) is 0 Å². The van der Waals surface area contributed by atoms with E-state index in [9.17, 15) is 0 Å². The molecule has 0 radical (unpaired) electrons. The van der Waals surface area contributed by atoms with Crippen molar-refractivity contribution in [3.05, 3.63) is 97.2 Å². The van der Waals surface area contributed by atoms with Crippen LogP contribution in [0.25, 0.3) is 0 Å². The van der Waals surface area contributed by atoms with Gasteiger partial charge in [0.05, 0.1) is 0 Å². The summed E-state index contributed by atoms with van der Waals surface area (Å²) in [5, 5.41) is 0. The number of rotatable bonds is 6. The van der Waals surface area contributed by atoms with Crippen LogP contribution in [0.15, 0.2) is 91.6 Å².